The molecule has 0 unspecified atom stereocenters. The number of hydrogen-bond acceptors (Lipinski definition) is 2. The lowest BCUT2D eigenvalue weighted by atomic mass is 10.2. The van der Waals surface area contributed by atoms with E-state index >= 15 is 0 Å². The number of benzene rings is 1. The first-order valence-electron chi connectivity index (χ1n) is 6.37. The summed E-state index contributed by atoms with van der Waals surface area (Å²) in [7, 11) is 0. The first kappa shape index (κ1) is 12.9. The third-order valence-electron chi connectivity index (χ3n) is 2.89. The molecule has 0 bridgehead atoms. The van der Waals surface area contributed by atoms with Crippen molar-refractivity contribution in [2.75, 3.05) is 6.61 Å². The Balaban J connectivity index is 1.82. The highest BCUT2D eigenvalue weighted by Gasteiger charge is 2.20. The van der Waals surface area contributed by atoms with Gasteiger partial charge in [-0.2, -0.15) is 0 Å². The zero-order chi connectivity index (χ0) is 12.8. The fourth-order valence-corrected chi connectivity index (χ4v) is 1.68. The van der Waals surface area contributed by atoms with Crippen LogP contribution in [0.25, 0.3) is 0 Å². The van der Waals surface area contributed by atoms with Gasteiger partial charge in [-0.3, -0.25) is 0 Å². The van der Waals surface area contributed by atoms with E-state index in [0.29, 0.717) is 24.8 Å². The van der Waals surface area contributed by atoms with Gasteiger partial charge in [-0.1, -0.05) is 6.07 Å². The molecule has 1 aliphatic carbocycles. The van der Waals surface area contributed by atoms with Crippen LogP contribution >= 0.6 is 0 Å². The molecule has 1 saturated carbocycles. The van der Waals surface area contributed by atoms with Crippen molar-refractivity contribution in [1.82, 2.24) is 5.32 Å². The first-order chi connectivity index (χ1) is 8.79. The van der Waals surface area contributed by atoms with Crippen molar-refractivity contribution in [3.8, 4) is 18.1 Å². The number of hydrogen-bond donors (Lipinski definition) is 1. The van der Waals surface area contributed by atoms with Gasteiger partial charge in [0.1, 0.15) is 0 Å². The second kappa shape index (κ2) is 6.42. The lowest BCUT2D eigenvalue weighted by Gasteiger charge is -2.08. The van der Waals surface area contributed by atoms with Gasteiger partial charge in [0, 0.05) is 19.0 Å². The minimum Gasteiger partial charge on any atom is -0.490 e. The highest BCUT2D eigenvalue weighted by Crippen LogP contribution is 2.21. The highest BCUT2D eigenvalue weighted by molar-refractivity contribution is 5.29. The van der Waals surface area contributed by atoms with Gasteiger partial charge in [0.25, 0.3) is 0 Å². The van der Waals surface area contributed by atoms with Gasteiger partial charge in [-0.05, 0) is 37.0 Å². The summed E-state index contributed by atoms with van der Waals surface area (Å²) < 4.78 is 19.0. The maximum absolute atomic E-state index is 13.7. The van der Waals surface area contributed by atoms with Crippen LogP contribution in [0.15, 0.2) is 18.2 Å². The van der Waals surface area contributed by atoms with Crippen LogP contribution in [0.1, 0.15) is 31.2 Å². The molecule has 1 aromatic carbocycles. The van der Waals surface area contributed by atoms with E-state index in [0.717, 1.165) is 18.5 Å². The number of unbranched alkanes of at least 4 members (excludes halogenated alkanes) is 1. The zero-order valence-corrected chi connectivity index (χ0v) is 10.4. The quantitative estimate of drug-likeness (QED) is 0.591. The SMILES string of the molecule is C#CCCCOc1ccc(CNC2CC2)cc1F. The molecule has 0 atom stereocenters. The second-order valence-electron chi connectivity index (χ2n) is 4.58. The van der Waals surface area contributed by atoms with Crippen LogP contribution in [-0.4, -0.2) is 12.6 Å². The summed E-state index contributed by atoms with van der Waals surface area (Å²) in [6.45, 7) is 1.18. The highest BCUT2D eigenvalue weighted by atomic mass is 19.1. The van der Waals surface area contributed by atoms with Gasteiger partial charge in [-0.15, -0.1) is 12.3 Å². The summed E-state index contributed by atoms with van der Waals surface area (Å²) in [6, 6.07) is 5.75. The van der Waals surface area contributed by atoms with Crippen molar-refractivity contribution >= 4 is 0 Å². The maximum atomic E-state index is 13.7. The van der Waals surface area contributed by atoms with Crippen LogP contribution in [0.5, 0.6) is 5.75 Å². The number of nitrogens with one attached hydrogen (secondary N) is 1. The molecule has 0 amide bonds. The Kier molecular flexibility index (Phi) is 4.60. The van der Waals surface area contributed by atoms with Gasteiger partial charge in [0.15, 0.2) is 11.6 Å². The largest absolute Gasteiger partial charge is 0.490 e. The molecule has 1 aliphatic rings. The van der Waals surface area contributed by atoms with E-state index in [2.05, 4.69) is 11.2 Å². The third-order valence-corrected chi connectivity index (χ3v) is 2.89. The third kappa shape index (κ3) is 4.05. The van der Waals surface area contributed by atoms with Crippen LogP contribution in [-0.2, 0) is 6.54 Å². The summed E-state index contributed by atoms with van der Waals surface area (Å²) in [4.78, 5) is 0. The fraction of sp³-hybridized carbons (Fsp3) is 0.467. The lowest BCUT2D eigenvalue weighted by Crippen LogP contribution is -2.15. The van der Waals surface area contributed by atoms with Crippen molar-refractivity contribution in [1.29, 1.82) is 0 Å². The van der Waals surface area contributed by atoms with E-state index < -0.39 is 0 Å². The summed E-state index contributed by atoms with van der Waals surface area (Å²) >= 11 is 0. The second-order valence-corrected chi connectivity index (χ2v) is 4.58. The van der Waals surface area contributed by atoms with E-state index in [4.69, 9.17) is 11.2 Å². The van der Waals surface area contributed by atoms with Crippen molar-refractivity contribution in [2.45, 2.75) is 38.3 Å². The average molecular weight is 247 g/mol. The van der Waals surface area contributed by atoms with Crippen molar-refractivity contribution in [3.63, 3.8) is 0 Å². The van der Waals surface area contributed by atoms with Gasteiger partial charge < -0.3 is 10.1 Å². The molecule has 2 rings (SSSR count). The molecule has 0 aromatic heterocycles. The number of terminal acetylenes is 1. The van der Waals surface area contributed by atoms with E-state index in [1.807, 2.05) is 6.07 Å². The van der Waals surface area contributed by atoms with Crippen molar-refractivity contribution < 1.29 is 9.13 Å². The van der Waals surface area contributed by atoms with E-state index in [1.165, 1.54) is 18.9 Å². The number of ether oxygens (including phenoxy) is 1. The molecular formula is C15H18FNO. The lowest BCUT2D eigenvalue weighted by molar-refractivity contribution is 0.297. The topological polar surface area (TPSA) is 21.3 Å². The number of halogens is 1. The molecule has 1 N–H and O–H groups in total. The Morgan fingerprint density at radius 2 is 2.28 bits per heavy atom. The summed E-state index contributed by atoms with van der Waals surface area (Å²) in [5.74, 6) is 2.54. The maximum Gasteiger partial charge on any atom is 0.165 e. The smallest absolute Gasteiger partial charge is 0.165 e. The molecule has 1 fully saturated rings. The Bertz CT molecular complexity index is 435. The predicted octanol–water partition coefficient (Wildman–Crippen LogP) is 2.87. The molecular weight excluding hydrogens is 229 g/mol. The molecule has 1 aromatic rings. The normalized spacial score (nSPS) is 14.2. The Labute approximate surface area is 108 Å². The van der Waals surface area contributed by atoms with Gasteiger partial charge in [0.05, 0.1) is 6.61 Å². The van der Waals surface area contributed by atoms with Crippen LogP contribution in [0.4, 0.5) is 4.39 Å². The molecule has 0 heterocycles. The summed E-state index contributed by atoms with van der Waals surface area (Å²) in [5, 5.41) is 3.35. The molecule has 0 radical (unpaired) electrons. The minimum atomic E-state index is -0.300. The Morgan fingerprint density at radius 1 is 1.44 bits per heavy atom. The van der Waals surface area contributed by atoms with Crippen molar-refractivity contribution in [3.05, 3.63) is 29.6 Å². The molecule has 18 heavy (non-hydrogen) atoms. The summed E-state index contributed by atoms with van der Waals surface area (Å²) in [5.41, 5.74) is 0.954. The van der Waals surface area contributed by atoms with Crippen LogP contribution in [0.3, 0.4) is 0 Å². The summed E-state index contributed by atoms with van der Waals surface area (Å²) in [6.07, 6.45) is 9.01. The molecule has 96 valence electrons. The zero-order valence-electron chi connectivity index (χ0n) is 10.4. The van der Waals surface area contributed by atoms with Gasteiger partial charge in [-0.25, -0.2) is 4.39 Å². The van der Waals surface area contributed by atoms with E-state index in [-0.39, 0.29) is 5.82 Å². The minimum absolute atomic E-state index is 0.300. The predicted molar refractivity (Wildman–Crippen MR) is 69.8 cm³/mol. The molecule has 2 nitrogen and oxygen atoms in total. The molecule has 0 aliphatic heterocycles. The number of rotatable bonds is 7. The molecule has 0 saturated heterocycles. The molecule has 3 heteroatoms. The Hall–Kier alpha value is -1.53. The average Bonchev–Trinajstić information content (AvgIpc) is 3.18. The fourth-order valence-electron chi connectivity index (χ4n) is 1.68. The van der Waals surface area contributed by atoms with Crippen LogP contribution < -0.4 is 10.1 Å². The standard InChI is InChI=1S/C15H18FNO/c1-2-3-4-9-18-15-8-5-12(10-14(15)16)11-17-13-6-7-13/h1,5,8,10,13,17H,3-4,6-7,9,11H2. The van der Waals surface area contributed by atoms with Crippen LogP contribution in [0.2, 0.25) is 0 Å². The first-order valence-corrected chi connectivity index (χ1v) is 6.37. The Morgan fingerprint density at radius 3 is 2.94 bits per heavy atom. The van der Waals surface area contributed by atoms with Gasteiger partial charge in [0.2, 0.25) is 0 Å². The van der Waals surface area contributed by atoms with E-state index in [9.17, 15) is 4.39 Å². The van der Waals surface area contributed by atoms with Crippen LogP contribution in [0, 0.1) is 18.2 Å². The van der Waals surface area contributed by atoms with Gasteiger partial charge >= 0.3 is 0 Å². The molecule has 0 spiro atoms. The van der Waals surface area contributed by atoms with E-state index in [1.54, 1.807) is 6.07 Å². The monoisotopic (exact) mass is 247 g/mol. The van der Waals surface area contributed by atoms with Crippen molar-refractivity contribution in [2.24, 2.45) is 0 Å².